The summed E-state index contributed by atoms with van der Waals surface area (Å²) in [5.41, 5.74) is 1.44. The highest BCUT2D eigenvalue weighted by atomic mass is 16.4. The van der Waals surface area contributed by atoms with Crippen LogP contribution in [0.15, 0.2) is 28.7 Å². The first-order valence-electron chi connectivity index (χ1n) is 8.90. The molecule has 1 atom stereocenters. The Hall–Kier alpha value is -2.41. The van der Waals surface area contributed by atoms with E-state index in [1.807, 2.05) is 29.2 Å². The molecule has 0 bridgehead atoms. The molecule has 2 aliphatic heterocycles. The quantitative estimate of drug-likeness (QED) is 0.929. The number of hydrogen-bond acceptors (Lipinski definition) is 5. The molecule has 2 saturated heterocycles. The molecule has 2 amide bonds. The molecular formula is C18H23N5O2. The van der Waals surface area contributed by atoms with Crippen molar-refractivity contribution in [1.82, 2.24) is 20.0 Å². The fraction of sp³-hybridized carbons (Fsp3) is 0.500. The average Bonchev–Trinajstić information content (AvgIpc) is 3.36. The van der Waals surface area contributed by atoms with E-state index in [1.54, 1.807) is 6.92 Å². The SMILES string of the molecule is Cc1nnc(-c2ccccc2NC(=O)N2CCC(N3CCCC3)C2)o1. The van der Waals surface area contributed by atoms with E-state index in [0.717, 1.165) is 25.1 Å². The third-order valence-corrected chi connectivity index (χ3v) is 5.03. The highest BCUT2D eigenvalue weighted by Gasteiger charge is 2.31. The van der Waals surface area contributed by atoms with Crippen LogP contribution in [0.5, 0.6) is 0 Å². The van der Waals surface area contributed by atoms with Crippen molar-refractivity contribution >= 4 is 11.7 Å². The Kier molecular flexibility index (Phi) is 4.40. The molecule has 7 heteroatoms. The molecule has 1 unspecified atom stereocenters. The van der Waals surface area contributed by atoms with Crippen molar-refractivity contribution < 1.29 is 9.21 Å². The largest absolute Gasteiger partial charge is 0.421 e. The van der Waals surface area contributed by atoms with Gasteiger partial charge in [0.1, 0.15) is 0 Å². The number of rotatable bonds is 3. The topological polar surface area (TPSA) is 74.5 Å². The maximum Gasteiger partial charge on any atom is 0.321 e. The summed E-state index contributed by atoms with van der Waals surface area (Å²) >= 11 is 0. The first kappa shape index (κ1) is 16.1. The van der Waals surface area contributed by atoms with Crippen LogP contribution in [-0.4, -0.2) is 58.2 Å². The Labute approximate surface area is 147 Å². The molecule has 25 heavy (non-hydrogen) atoms. The van der Waals surface area contributed by atoms with E-state index < -0.39 is 0 Å². The van der Waals surface area contributed by atoms with Gasteiger partial charge in [0, 0.05) is 26.1 Å². The van der Waals surface area contributed by atoms with Gasteiger partial charge >= 0.3 is 6.03 Å². The van der Waals surface area contributed by atoms with Crippen LogP contribution in [0.25, 0.3) is 11.5 Å². The first-order valence-corrected chi connectivity index (χ1v) is 8.90. The summed E-state index contributed by atoms with van der Waals surface area (Å²) in [5, 5.41) is 10.9. The highest BCUT2D eigenvalue weighted by Crippen LogP contribution is 2.27. The lowest BCUT2D eigenvalue weighted by molar-refractivity contribution is 0.210. The number of benzene rings is 1. The Morgan fingerprint density at radius 2 is 2.00 bits per heavy atom. The molecule has 0 radical (unpaired) electrons. The molecule has 132 valence electrons. The van der Waals surface area contributed by atoms with Gasteiger partial charge in [-0.1, -0.05) is 12.1 Å². The van der Waals surface area contributed by atoms with Gasteiger partial charge in [0.2, 0.25) is 11.8 Å². The van der Waals surface area contributed by atoms with E-state index in [9.17, 15) is 4.79 Å². The van der Waals surface area contributed by atoms with Crippen molar-refractivity contribution in [3.05, 3.63) is 30.2 Å². The van der Waals surface area contributed by atoms with Crippen molar-refractivity contribution in [2.75, 3.05) is 31.5 Å². The average molecular weight is 341 g/mol. The third-order valence-electron chi connectivity index (χ3n) is 5.03. The predicted octanol–water partition coefficient (Wildman–Crippen LogP) is 2.75. The zero-order valence-corrected chi connectivity index (χ0v) is 14.4. The molecule has 0 aliphatic carbocycles. The number of para-hydroxylation sites is 1. The Balaban J connectivity index is 1.45. The number of likely N-dealkylation sites (tertiary alicyclic amines) is 2. The van der Waals surface area contributed by atoms with Crippen molar-refractivity contribution in [3.63, 3.8) is 0 Å². The Morgan fingerprint density at radius 3 is 2.76 bits per heavy atom. The van der Waals surface area contributed by atoms with Crippen molar-refractivity contribution in [3.8, 4) is 11.5 Å². The van der Waals surface area contributed by atoms with Gasteiger partial charge < -0.3 is 14.6 Å². The van der Waals surface area contributed by atoms with E-state index in [-0.39, 0.29) is 6.03 Å². The summed E-state index contributed by atoms with van der Waals surface area (Å²) in [4.78, 5) is 17.1. The highest BCUT2D eigenvalue weighted by molar-refractivity contribution is 5.93. The molecule has 0 saturated carbocycles. The van der Waals surface area contributed by atoms with Crippen molar-refractivity contribution in [2.45, 2.75) is 32.2 Å². The van der Waals surface area contributed by atoms with Gasteiger partial charge in [0.15, 0.2) is 0 Å². The Bertz CT molecular complexity index is 753. The van der Waals surface area contributed by atoms with Crippen LogP contribution >= 0.6 is 0 Å². The summed E-state index contributed by atoms with van der Waals surface area (Å²) in [6.45, 7) is 5.68. The summed E-state index contributed by atoms with van der Waals surface area (Å²) in [5.74, 6) is 0.925. The van der Waals surface area contributed by atoms with E-state index in [0.29, 0.717) is 23.5 Å². The lowest BCUT2D eigenvalue weighted by Crippen LogP contribution is -2.38. The minimum atomic E-state index is -0.0645. The van der Waals surface area contributed by atoms with Crippen LogP contribution in [-0.2, 0) is 0 Å². The standard InChI is InChI=1S/C18H23N5O2/c1-13-20-21-17(25-13)15-6-2-3-7-16(15)19-18(24)23-11-8-14(12-23)22-9-4-5-10-22/h2-3,6-7,14H,4-5,8-12H2,1H3,(H,19,24). The molecule has 7 nitrogen and oxygen atoms in total. The number of nitrogens with zero attached hydrogens (tertiary/aromatic N) is 4. The van der Waals surface area contributed by atoms with Gasteiger partial charge in [0.25, 0.3) is 0 Å². The van der Waals surface area contributed by atoms with Crippen LogP contribution in [0.4, 0.5) is 10.5 Å². The third kappa shape index (κ3) is 3.37. The van der Waals surface area contributed by atoms with Gasteiger partial charge in [0.05, 0.1) is 11.3 Å². The number of urea groups is 1. The van der Waals surface area contributed by atoms with Crippen LogP contribution < -0.4 is 5.32 Å². The minimum absolute atomic E-state index is 0.0645. The molecule has 4 rings (SSSR count). The Morgan fingerprint density at radius 1 is 1.20 bits per heavy atom. The van der Waals surface area contributed by atoms with Crippen LogP contribution in [0.2, 0.25) is 0 Å². The fourth-order valence-corrected chi connectivity index (χ4v) is 3.71. The number of carbonyl (C=O) groups excluding carboxylic acids is 1. The second-order valence-electron chi connectivity index (χ2n) is 6.73. The number of amides is 2. The second-order valence-corrected chi connectivity index (χ2v) is 6.73. The van der Waals surface area contributed by atoms with Gasteiger partial charge in [-0.3, -0.25) is 4.90 Å². The molecule has 0 spiro atoms. The molecule has 1 N–H and O–H groups in total. The van der Waals surface area contributed by atoms with E-state index in [4.69, 9.17) is 4.42 Å². The van der Waals surface area contributed by atoms with Gasteiger partial charge in [-0.05, 0) is 44.5 Å². The lowest BCUT2D eigenvalue weighted by atomic mass is 10.2. The van der Waals surface area contributed by atoms with Crippen LogP contribution in [0, 0.1) is 6.92 Å². The molecular weight excluding hydrogens is 318 g/mol. The molecule has 2 aliphatic rings. The van der Waals surface area contributed by atoms with Gasteiger partial charge in [-0.25, -0.2) is 4.79 Å². The molecule has 1 aromatic heterocycles. The van der Waals surface area contributed by atoms with Crippen LogP contribution in [0.3, 0.4) is 0 Å². The van der Waals surface area contributed by atoms with Crippen molar-refractivity contribution in [2.24, 2.45) is 0 Å². The number of aryl methyl sites for hydroxylation is 1. The fourth-order valence-electron chi connectivity index (χ4n) is 3.71. The van der Waals surface area contributed by atoms with Gasteiger partial charge in [-0.15, -0.1) is 10.2 Å². The number of nitrogens with one attached hydrogen (secondary N) is 1. The number of hydrogen-bond donors (Lipinski definition) is 1. The number of anilines is 1. The second kappa shape index (κ2) is 6.84. The maximum absolute atomic E-state index is 12.7. The zero-order chi connectivity index (χ0) is 17.2. The smallest absolute Gasteiger partial charge is 0.321 e. The molecule has 3 heterocycles. The summed E-state index contributed by atoms with van der Waals surface area (Å²) in [7, 11) is 0. The monoisotopic (exact) mass is 341 g/mol. The summed E-state index contributed by atoms with van der Waals surface area (Å²) < 4.78 is 5.51. The minimum Gasteiger partial charge on any atom is -0.421 e. The number of carbonyl (C=O) groups is 1. The molecule has 1 aromatic carbocycles. The van der Waals surface area contributed by atoms with E-state index in [2.05, 4.69) is 20.4 Å². The summed E-state index contributed by atoms with van der Waals surface area (Å²) in [6, 6.07) is 7.95. The number of aromatic nitrogens is 2. The molecule has 2 fully saturated rings. The van der Waals surface area contributed by atoms with Crippen molar-refractivity contribution in [1.29, 1.82) is 0 Å². The zero-order valence-electron chi connectivity index (χ0n) is 14.4. The van der Waals surface area contributed by atoms with Crippen LogP contribution in [0.1, 0.15) is 25.2 Å². The summed E-state index contributed by atoms with van der Waals surface area (Å²) in [6.07, 6.45) is 3.61. The van der Waals surface area contributed by atoms with E-state index >= 15 is 0 Å². The lowest BCUT2D eigenvalue weighted by Gasteiger charge is -2.23. The first-order chi connectivity index (χ1) is 12.2. The normalized spacial score (nSPS) is 21.0. The predicted molar refractivity (Wildman–Crippen MR) is 94.3 cm³/mol. The maximum atomic E-state index is 12.7. The van der Waals surface area contributed by atoms with E-state index in [1.165, 1.54) is 25.9 Å². The molecule has 2 aromatic rings. The van der Waals surface area contributed by atoms with Gasteiger partial charge in [-0.2, -0.15) is 0 Å².